The zero-order valence-electron chi connectivity index (χ0n) is 8.20. The van der Waals surface area contributed by atoms with Crippen molar-refractivity contribution in [1.82, 2.24) is 0 Å². The van der Waals surface area contributed by atoms with Gasteiger partial charge < -0.3 is 5.11 Å². The number of benzene rings is 1. The van der Waals surface area contributed by atoms with Gasteiger partial charge in [0.15, 0.2) is 0 Å². The van der Waals surface area contributed by atoms with Gasteiger partial charge in [0.1, 0.15) is 0 Å². The van der Waals surface area contributed by atoms with E-state index in [1.807, 2.05) is 18.2 Å². The minimum absolute atomic E-state index is 0. The Kier molecular flexibility index (Phi) is 5.84. The van der Waals surface area contributed by atoms with Gasteiger partial charge in [-0.25, -0.2) is 0 Å². The Morgan fingerprint density at radius 2 is 1.69 bits per heavy atom. The van der Waals surface area contributed by atoms with Crippen LogP contribution in [0.5, 0.6) is 0 Å². The fourth-order valence-electron chi connectivity index (χ4n) is 1.40. The number of aliphatic hydroxyl groups is 1. The number of hydrogen-bond donors (Lipinski definition) is 1. The molecule has 0 aliphatic rings. The fourth-order valence-corrected chi connectivity index (χ4v) is 1.40. The molecule has 0 radical (unpaired) electrons. The second-order valence-corrected chi connectivity index (χ2v) is 3.44. The van der Waals surface area contributed by atoms with Crippen LogP contribution in [0.1, 0.15) is 25.3 Å². The predicted octanol–water partition coefficient (Wildman–Crippen LogP) is 2.53. The SMILES string of the molecule is CC(C)[C@H](CO)c1ccccc1.S. The monoisotopic (exact) mass is 198 g/mol. The molecule has 0 saturated carbocycles. The topological polar surface area (TPSA) is 20.2 Å². The molecule has 0 aromatic heterocycles. The molecule has 0 aliphatic carbocycles. The zero-order valence-corrected chi connectivity index (χ0v) is 9.20. The molecule has 1 atom stereocenters. The molecule has 1 N–H and O–H groups in total. The summed E-state index contributed by atoms with van der Waals surface area (Å²) in [6.45, 7) is 4.50. The number of aliphatic hydroxyl groups excluding tert-OH is 1. The van der Waals surface area contributed by atoms with Crippen LogP contribution in [0, 0.1) is 5.92 Å². The highest BCUT2D eigenvalue weighted by Gasteiger charge is 2.13. The molecule has 2 heteroatoms. The zero-order chi connectivity index (χ0) is 8.97. The van der Waals surface area contributed by atoms with Gasteiger partial charge in [0.25, 0.3) is 0 Å². The largest absolute Gasteiger partial charge is 0.396 e. The van der Waals surface area contributed by atoms with Gasteiger partial charge in [0, 0.05) is 5.92 Å². The lowest BCUT2D eigenvalue weighted by Crippen LogP contribution is -2.10. The van der Waals surface area contributed by atoms with Crippen LogP contribution in [0.15, 0.2) is 30.3 Å². The Morgan fingerprint density at radius 1 is 1.15 bits per heavy atom. The van der Waals surface area contributed by atoms with E-state index in [-0.39, 0.29) is 26.0 Å². The van der Waals surface area contributed by atoms with Crippen molar-refractivity contribution in [2.45, 2.75) is 19.8 Å². The van der Waals surface area contributed by atoms with E-state index in [1.165, 1.54) is 5.56 Å². The van der Waals surface area contributed by atoms with E-state index in [4.69, 9.17) is 5.11 Å². The van der Waals surface area contributed by atoms with Crippen molar-refractivity contribution >= 4 is 13.5 Å². The van der Waals surface area contributed by atoms with Gasteiger partial charge in [-0.05, 0) is 11.5 Å². The quantitative estimate of drug-likeness (QED) is 0.791. The number of rotatable bonds is 3. The first-order valence-corrected chi connectivity index (χ1v) is 4.41. The lowest BCUT2D eigenvalue weighted by atomic mass is 9.89. The first-order chi connectivity index (χ1) is 5.75. The van der Waals surface area contributed by atoms with Crippen LogP contribution in [-0.2, 0) is 0 Å². The van der Waals surface area contributed by atoms with E-state index in [0.29, 0.717) is 5.92 Å². The van der Waals surface area contributed by atoms with Gasteiger partial charge in [-0.3, -0.25) is 0 Å². The van der Waals surface area contributed by atoms with E-state index < -0.39 is 0 Å². The Bertz CT molecular complexity index is 221. The van der Waals surface area contributed by atoms with Gasteiger partial charge in [-0.1, -0.05) is 44.2 Å². The summed E-state index contributed by atoms with van der Waals surface area (Å²) in [5.41, 5.74) is 1.23. The van der Waals surface area contributed by atoms with Gasteiger partial charge in [-0.15, -0.1) is 0 Å². The average molecular weight is 198 g/mol. The van der Waals surface area contributed by atoms with Crippen molar-refractivity contribution in [1.29, 1.82) is 0 Å². The molecule has 0 fully saturated rings. The van der Waals surface area contributed by atoms with Crippen molar-refractivity contribution in [2.75, 3.05) is 6.61 Å². The van der Waals surface area contributed by atoms with Crippen molar-refractivity contribution in [2.24, 2.45) is 5.92 Å². The molecule has 0 bridgehead atoms. The molecule has 1 nitrogen and oxygen atoms in total. The molecule has 0 amide bonds. The first kappa shape index (κ1) is 12.5. The molecule has 0 spiro atoms. The van der Waals surface area contributed by atoms with Crippen LogP contribution in [0.3, 0.4) is 0 Å². The third-order valence-corrected chi connectivity index (χ3v) is 2.23. The predicted molar refractivity (Wildman–Crippen MR) is 61.5 cm³/mol. The van der Waals surface area contributed by atoms with Crippen LogP contribution in [0.25, 0.3) is 0 Å². The molecule has 0 unspecified atom stereocenters. The molecule has 1 aromatic rings. The molecule has 0 heterocycles. The molecule has 0 aliphatic heterocycles. The highest BCUT2D eigenvalue weighted by atomic mass is 32.1. The molecular formula is C11H18OS. The Morgan fingerprint density at radius 3 is 2.08 bits per heavy atom. The minimum Gasteiger partial charge on any atom is -0.396 e. The van der Waals surface area contributed by atoms with E-state index in [0.717, 1.165) is 0 Å². The lowest BCUT2D eigenvalue weighted by molar-refractivity contribution is 0.237. The third-order valence-electron chi connectivity index (χ3n) is 2.23. The number of hydrogen-bond acceptors (Lipinski definition) is 1. The van der Waals surface area contributed by atoms with E-state index in [9.17, 15) is 0 Å². The molecule has 1 aromatic carbocycles. The van der Waals surface area contributed by atoms with Crippen LogP contribution in [0.2, 0.25) is 0 Å². The molecule has 13 heavy (non-hydrogen) atoms. The van der Waals surface area contributed by atoms with Crippen molar-refractivity contribution in [3.05, 3.63) is 35.9 Å². The van der Waals surface area contributed by atoms with E-state index >= 15 is 0 Å². The van der Waals surface area contributed by atoms with Gasteiger partial charge in [0.2, 0.25) is 0 Å². The first-order valence-electron chi connectivity index (χ1n) is 4.41. The van der Waals surface area contributed by atoms with Crippen LogP contribution < -0.4 is 0 Å². The van der Waals surface area contributed by atoms with Gasteiger partial charge in [-0.2, -0.15) is 13.5 Å². The van der Waals surface area contributed by atoms with E-state index in [1.54, 1.807) is 0 Å². The normalized spacial score (nSPS) is 12.3. The smallest absolute Gasteiger partial charge is 0.0502 e. The summed E-state index contributed by atoms with van der Waals surface area (Å²) >= 11 is 0. The van der Waals surface area contributed by atoms with Crippen LogP contribution >= 0.6 is 13.5 Å². The average Bonchev–Trinajstić information content (AvgIpc) is 2.07. The van der Waals surface area contributed by atoms with Crippen LogP contribution in [0.4, 0.5) is 0 Å². The fraction of sp³-hybridized carbons (Fsp3) is 0.455. The standard InChI is InChI=1S/C11H16O.H2S/c1-9(2)11(8-12)10-6-4-3-5-7-10;/h3-7,9,11-12H,8H2,1-2H3;1H2/t11-;/m0./s1. The summed E-state index contributed by atoms with van der Waals surface area (Å²) in [6, 6.07) is 10.2. The second-order valence-electron chi connectivity index (χ2n) is 3.44. The summed E-state index contributed by atoms with van der Waals surface area (Å²) in [6.07, 6.45) is 0. The molecule has 74 valence electrons. The molecular weight excluding hydrogens is 180 g/mol. The summed E-state index contributed by atoms with van der Waals surface area (Å²) in [5.74, 6) is 0.781. The third kappa shape index (κ3) is 3.41. The Hall–Kier alpha value is -0.470. The van der Waals surface area contributed by atoms with Crippen LogP contribution in [-0.4, -0.2) is 11.7 Å². The summed E-state index contributed by atoms with van der Waals surface area (Å²) in [4.78, 5) is 0. The summed E-state index contributed by atoms with van der Waals surface area (Å²) < 4.78 is 0. The van der Waals surface area contributed by atoms with Gasteiger partial charge in [0.05, 0.1) is 6.61 Å². The van der Waals surface area contributed by atoms with Crippen molar-refractivity contribution < 1.29 is 5.11 Å². The van der Waals surface area contributed by atoms with Crippen molar-refractivity contribution in [3.8, 4) is 0 Å². The Labute approximate surface area is 87.2 Å². The lowest BCUT2D eigenvalue weighted by Gasteiger charge is -2.18. The van der Waals surface area contributed by atoms with E-state index in [2.05, 4.69) is 26.0 Å². The highest BCUT2D eigenvalue weighted by molar-refractivity contribution is 7.59. The summed E-state index contributed by atoms with van der Waals surface area (Å²) in [5, 5.41) is 9.15. The maximum absolute atomic E-state index is 9.15. The summed E-state index contributed by atoms with van der Waals surface area (Å²) in [7, 11) is 0. The molecule has 1 rings (SSSR count). The highest BCUT2D eigenvalue weighted by Crippen LogP contribution is 2.22. The Balaban J connectivity index is 0.00000144. The molecule has 0 saturated heterocycles. The maximum Gasteiger partial charge on any atom is 0.0502 e. The minimum atomic E-state index is 0. The maximum atomic E-state index is 9.15. The van der Waals surface area contributed by atoms with Crippen molar-refractivity contribution in [3.63, 3.8) is 0 Å². The van der Waals surface area contributed by atoms with Gasteiger partial charge >= 0.3 is 0 Å². The second kappa shape index (κ2) is 6.06.